The Hall–Kier alpha value is -2.90. The van der Waals surface area contributed by atoms with E-state index in [0.717, 1.165) is 23.9 Å². The smallest absolute Gasteiger partial charge is 0.405 e. The Morgan fingerprint density at radius 2 is 1.97 bits per heavy atom. The topological polar surface area (TPSA) is 44.1 Å². The number of benzene rings is 1. The van der Waals surface area contributed by atoms with Crippen molar-refractivity contribution in [2.24, 2.45) is 16.7 Å². The lowest BCUT2D eigenvalue weighted by molar-refractivity contribution is -0.250. The number of hydrogen-bond acceptors (Lipinski definition) is 3. The van der Waals surface area contributed by atoms with E-state index in [9.17, 15) is 22.4 Å². The first-order valence-corrected chi connectivity index (χ1v) is 11.0. The average molecular weight is 460 g/mol. The quantitative estimate of drug-likeness (QED) is 0.323. The van der Waals surface area contributed by atoms with E-state index in [2.05, 4.69) is 5.10 Å². The number of hydrogen-bond donors (Lipinski definition) is 0. The molecule has 1 saturated carbocycles. The molecule has 0 amide bonds. The highest BCUT2D eigenvalue weighted by Gasteiger charge is 2.68. The molecule has 8 heteroatoms. The van der Waals surface area contributed by atoms with Crippen molar-refractivity contribution >= 4 is 12.0 Å². The number of halogens is 4. The Morgan fingerprint density at radius 3 is 2.64 bits per heavy atom. The zero-order chi connectivity index (χ0) is 23.6. The second kappa shape index (κ2) is 7.30. The van der Waals surface area contributed by atoms with Gasteiger partial charge in [0.1, 0.15) is 5.82 Å². The Labute approximate surface area is 188 Å². The minimum Gasteiger partial charge on any atom is -0.468 e. The van der Waals surface area contributed by atoms with Gasteiger partial charge in [0.2, 0.25) is 0 Å². The SMILES string of the molecule is COC(=O)[C@]1(C(F)(F)F)CCC=C2[C@@H]1CCC1=Cc3c(cnn3-c3ccc(F)cc3)C[C@@]12C. The Kier molecular flexibility index (Phi) is 4.85. The van der Waals surface area contributed by atoms with Gasteiger partial charge >= 0.3 is 12.1 Å². The summed E-state index contributed by atoms with van der Waals surface area (Å²) in [7, 11) is 1.03. The standard InChI is InChI=1S/C25H24F4N2O2/c1-23-13-15-14-30-31(18-8-6-17(26)7-9-18)21(15)12-16(23)5-10-20-19(23)4-3-11-24(20,22(32)33-2)25(27,28)29/h4,6-9,12,14,20H,3,5,10-11,13H2,1-2H3/t20-,23-,24-/m0/s1. The van der Waals surface area contributed by atoms with Crippen LogP contribution in [0, 0.1) is 22.6 Å². The van der Waals surface area contributed by atoms with Gasteiger partial charge in [0.15, 0.2) is 5.41 Å². The van der Waals surface area contributed by atoms with Gasteiger partial charge < -0.3 is 4.74 Å². The third-order valence-electron chi connectivity index (χ3n) is 7.79. The summed E-state index contributed by atoms with van der Waals surface area (Å²) in [6.07, 6.45) is 1.98. The van der Waals surface area contributed by atoms with Crippen LogP contribution in [0.3, 0.4) is 0 Å². The molecule has 0 aliphatic heterocycles. The monoisotopic (exact) mass is 460 g/mol. The summed E-state index contributed by atoms with van der Waals surface area (Å²) >= 11 is 0. The molecule has 1 aromatic heterocycles. The second-order valence-corrected chi connectivity index (χ2v) is 9.37. The molecule has 3 aliphatic rings. The maximum atomic E-state index is 14.4. The normalized spacial score (nSPS) is 28.7. The van der Waals surface area contributed by atoms with Crippen LogP contribution in [0.1, 0.15) is 43.9 Å². The van der Waals surface area contributed by atoms with E-state index >= 15 is 0 Å². The van der Waals surface area contributed by atoms with Crippen LogP contribution in [0.4, 0.5) is 17.6 Å². The predicted molar refractivity (Wildman–Crippen MR) is 114 cm³/mol. The first-order valence-electron chi connectivity index (χ1n) is 11.0. The lowest BCUT2D eigenvalue weighted by Crippen LogP contribution is -2.56. The van der Waals surface area contributed by atoms with Crippen molar-refractivity contribution in [3.8, 4) is 5.69 Å². The van der Waals surface area contributed by atoms with Crippen LogP contribution in [-0.4, -0.2) is 29.0 Å². The molecule has 3 aliphatic carbocycles. The predicted octanol–water partition coefficient (Wildman–Crippen LogP) is 5.81. The van der Waals surface area contributed by atoms with Gasteiger partial charge in [-0.1, -0.05) is 24.1 Å². The largest absolute Gasteiger partial charge is 0.468 e. The van der Waals surface area contributed by atoms with Crippen LogP contribution < -0.4 is 0 Å². The summed E-state index contributed by atoms with van der Waals surface area (Å²) in [6.45, 7) is 1.97. The number of carbonyl (C=O) groups excluding carboxylic acids is 1. The van der Waals surface area contributed by atoms with E-state index in [1.165, 1.54) is 12.1 Å². The molecule has 33 heavy (non-hydrogen) atoms. The third kappa shape index (κ3) is 3.02. The third-order valence-corrected chi connectivity index (χ3v) is 7.79. The summed E-state index contributed by atoms with van der Waals surface area (Å²) in [5, 5.41) is 4.48. The lowest BCUT2D eigenvalue weighted by Gasteiger charge is -2.53. The highest BCUT2D eigenvalue weighted by atomic mass is 19.4. The number of esters is 1. The number of rotatable bonds is 2. The minimum atomic E-state index is -4.70. The number of carbonyl (C=O) groups is 1. The molecule has 1 fully saturated rings. The van der Waals surface area contributed by atoms with E-state index in [1.54, 1.807) is 23.0 Å². The average Bonchev–Trinajstić information content (AvgIpc) is 3.18. The van der Waals surface area contributed by atoms with Crippen LogP contribution in [-0.2, 0) is 16.0 Å². The Bertz CT molecular complexity index is 1180. The van der Waals surface area contributed by atoms with Gasteiger partial charge in [-0.15, -0.1) is 0 Å². The fraction of sp³-hybridized carbons (Fsp3) is 0.440. The number of alkyl halides is 3. The molecule has 174 valence electrons. The van der Waals surface area contributed by atoms with Gasteiger partial charge in [0, 0.05) is 11.3 Å². The van der Waals surface area contributed by atoms with Crippen LogP contribution >= 0.6 is 0 Å². The number of nitrogens with zero attached hydrogens (tertiary/aromatic N) is 2. The first-order chi connectivity index (χ1) is 15.6. The summed E-state index contributed by atoms with van der Waals surface area (Å²) in [6, 6.07) is 6.02. The first kappa shape index (κ1) is 21.9. The molecular formula is C25H24F4N2O2. The number of ether oxygens (including phenoxy) is 1. The molecule has 0 spiro atoms. The molecule has 3 atom stereocenters. The van der Waals surface area contributed by atoms with Gasteiger partial charge in [-0.25, -0.2) is 9.07 Å². The van der Waals surface area contributed by atoms with E-state index < -0.39 is 28.9 Å². The molecule has 4 nitrogen and oxygen atoms in total. The summed E-state index contributed by atoms with van der Waals surface area (Å²) in [5.41, 5.74) is 1.05. The van der Waals surface area contributed by atoms with Crippen molar-refractivity contribution in [1.82, 2.24) is 9.78 Å². The van der Waals surface area contributed by atoms with Crippen molar-refractivity contribution < 1.29 is 27.1 Å². The zero-order valence-corrected chi connectivity index (χ0v) is 18.4. The molecule has 1 aromatic carbocycles. The molecule has 0 unspecified atom stereocenters. The van der Waals surface area contributed by atoms with Crippen molar-refractivity contribution in [2.75, 3.05) is 7.11 Å². The Morgan fingerprint density at radius 1 is 1.24 bits per heavy atom. The summed E-state index contributed by atoms with van der Waals surface area (Å²) in [4.78, 5) is 12.6. The zero-order valence-electron chi connectivity index (χ0n) is 18.4. The molecule has 1 heterocycles. The summed E-state index contributed by atoms with van der Waals surface area (Å²) in [5.74, 6) is -2.48. The maximum Gasteiger partial charge on any atom is 0.405 e. The highest BCUT2D eigenvalue weighted by molar-refractivity contribution is 5.80. The van der Waals surface area contributed by atoms with Crippen LogP contribution in [0.2, 0.25) is 0 Å². The number of methoxy groups -OCH3 is 1. The molecule has 0 bridgehead atoms. The summed E-state index contributed by atoms with van der Waals surface area (Å²) < 4.78 is 63.1. The van der Waals surface area contributed by atoms with Crippen LogP contribution in [0.15, 0.2) is 47.7 Å². The van der Waals surface area contributed by atoms with Gasteiger partial charge in [-0.05, 0) is 68.0 Å². The van der Waals surface area contributed by atoms with E-state index in [4.69, 9.17) is 4.74 Å². The van der Waals surface area contributed by atoms with Crippen molar-refractivity contribution in [1.29, 1.82) is 0 Å². The number of fused-ring (bicyclic) bond motifs is 4. The number of allylic oxidation sites excluding steroid dienone is 3. The fourth-order valence-corrected chi connectivity index (χ4v) is 6.15. The molecule has 0 saturated heterocycles. The van der Waals surface area contributed by atoms with Crippen molar-refractivity contribution in [2.45, 2.75) is 45.2 Å². The van der Waals surface area contributed by atoms with Gasteiger partial charge in [0.05, 0.1) is 24.7 Å². The molecule has 5 rings (SSSR count). The van der Waals surface area contributed by atoms with Crippen molar-refractivity contribution in [3.63, 3.8) is 0 Å². The molecule has 2 aromatic rings. The van der Waals surface area contributed by atoms with E-state index in [0.29, 0.717) is 24.1 Å². The lowest BCUT2D eigenvalue weighted by atomic mass is 9.51. The second-order valence-electron chi connectivity index (χ2n) is 9.37. The molecule has 0 radical (unpaired) electrons. The minimum absolute atomic E-state index is 0.172. The molecular weight excluding hydrogens is 436 g/mol. The van der Waals surface area contributed by atoms with E-state index in [-0.39, 0.29) is 25.1 Å². The Balaban J connectivity index is 1.58. The number of aromatic nitrogens is 2. The van der Waals surface area contributed by atoms with Crippen molar-refractivity contribution in [3.05, 3.63) is 64.8 Å². The molecule has 0 N–H and O–H groups in total. The van der Waals surface area contributed by atoms with Gasteiger partial charge in [-0.3, -0.25) is 4.79 Å². The fourth-order valence-electron chi connectivity index (χ4n) is 6.15. The van der Waals surface area contributed by atoms with E-state index in [1.807, 2.05) is 19.1 Å². The highest BCUT2D eigenvalue weighted by Crippen LogP contribution is 2.63. The van der Waals surface area contributed by atoms with Gasteiger partial charge in [-0.2, -0.15) is 18.3 Å². The van der Waals surface area contributed by atoms with Gasteiger partial charge in [0.25, 0.3) is 0 Å². The maximum absolute atomic E-state index is 14.4. The van der Waals surface area contributed by atoms with Crippen LogP contribution in [0.5, 0.6) is 0 Å². The van der Waals surface area contributed by atoms with Crippen LogP contribution in [0.25, 0.3) is 11.8 Å².